The Morgan fingerprint density at radius 2 is 1.20 bits per heavy atom. The molecule has 6 heteroatoms. The van der Waals surface area contributed by atoms with Crippen molar-refractivity contribution in [1.29, 1.82) is 0 Å². The van der Waals surface area contributed by atoms with E-state index in [-0.39, 0.29) is 6.61 Å². The molecule has 0 radical (unpaired) electrons. The molecule has 0 aliphatic carbocycles. The molecular weight excluding hydrogens is 552 g/mol. The van der Waals surface area contributed by atoms with Gasteiger partial charge in [-0.2, -0.15) is 0 Å². The number of carbonyl (C=O) groups is 1. The third kappa shape index (κ3) is 7.78. The predicted molar refractivity (Wildman–Crippen MR) is 169 cm³/mol. The van der Waals surface area contributed by atoms with E-state index in [0.717, 1.165) is 27.5 Å². The first-order chi connectivity index (χ1) is 21.7. The van der Waals surface area contributed by atoms with E-state index in [0.29, 0.717) is 32.0 Å². The molecule has 6 rings (SSSR count). The summed E-state index contributed by atoms with van der Waals surface area (Å²) in [5.41, 5.74) is 3.58. The van der Waals surface area contributed by atoms with Crippen LogP contribution in [-0.2, 0) is 43.5 Å². The van der Waals surface area contributed by atoms with Crippen molar-refractivity contribution < 1.29 is 28.5 Å². The fourth-order valence-corrected chi connectivity index (χ4v) is 5.41. The van der Waals surface area contributed by atoms with Crippen molar-refractivity contribution in [3.63, 3.8) is 0 Å². The number of carbonyl (C=O) groups excluding carboxylic acids is 1. The van der Waals surface area contributed by atoms with Crippen molar-refractivity contribution in [3.05, 3.63) is 156 Å². The largest absolute Gasteiger partial charge is 0.453 e. The lowest BCUT2D eigenvalue weighted by atomic mass is 9.99. The number of hydrogen-bond donors (Lipinski definition) is 0. The van der Waals surface area contributed by atoms with Crippen LogP contribution in [0.4, 0.5) is 0 Å². The fraction of sp³-hybridized carbons (Fsp3) is 0.237. The zero-order chi connectivity index (χ0) is 30.0. The quantitative estimate of drug-likeness (QED) is 0.144. The fourth-order valence-electron chi connectivity index (χ4n) is 5.41. The highest BCUT2D eigenvalue weighted by Gasteiger charge is 2.44. The molecule has 0 saturated carbocycles. The van der Waals surface area contributed by atoms with Gasteiger partial charge in [-0.1, -0.05) is 115 Å². The summed E-state index contributed by atoms with van der Waals surface area (Å²) >= 11 is 0. The molecule has 6 nitrogen and oxygen atoms in total. The van der Waals surface area contributed by atoms with Crippen LogP contribution in [0.2, 0.25) is 0 Å². The Bertz CT molecular complexity index is 1610. The lowest BCUT2D eigenvalue weighted by Crippen LogP contribution is -2.57. The Morgan fingerprint density at radius 3 is 1.93 bits per heavy atom. The van der Waals surface area contributed by atoms with Gasteiger partial charge in [-0.25, -0.2) is 4.79 Å². The van der Waals surface area contributed by atoms with Crippen LogP contribution in [0.3, 0.4) is 0 Å². The van der Waals surface area contributed by atoms with Gasteiger partial charge in [0.25, 0.3) is 0 Å². The van der Waals surface area contributed by atoms with Gasteiger partial charge in [0.2, 0.25) is 0 Å². The Kier molecular flexibility index (Phi) is 10.1. The number of esters is 1. The van der Waals surface area contributed by atoms with E-state index in [2.05, 4.69) is 30.3 Å². The molecule has 1 aliphatic rings. The van der Waals surface area contributed by atoms with Gasteiger partial charge in [0.1, 0.15) is 18.3 Å². The molecule has 1 heterocycles. The van der Waals surface area contributed by atoms with Crippen LogP contribution >= 0.6 is 0 Å². The van der Waals surface area contributed by atoms with E-state index >= 15 is 0 Å². The van der Waals surface area contributed by atoms with E-state index in [1.807, 2.05) is 91.0 Å². The molecule has 0 N–H and O–H groups in total. The van der Waals surface area contributed by atoms with Crippen LogP contribution in [0.15, 0.2) is 133 Å². The molecule has 224 valence electrons. The number of benzene rings is 5. The molecule has 0 amide bonds. The summed E-state index contributed by atoms with van der Waals surface area (Å²) in [4.78, 5) is 13.2. The Hall–Kier alpha value is -4.33. The molecule has 1 saturated heterocycles. The molecule has 44 heavy (non-hydrogen) atoms. The number of ether oxygens (including phenoxy) is 5. The highest BCUT2D eigenvalue weighted by Crippen LogP contribution is 2.28. The van der Waals surface area contributed by atoms with Crippen molar-refractivity contribution in [2.45, 2.75) is 44.2 Å². The maximum Gasteiger partial charge on any atom is 0.338 e. The first-order valence-electron chi connectivity index (χ1n) is 15.0. The van der Waals surface area contributed by atoms with E-state index in [1.165, 1.54) is 0 Å². The van der Waals surface area contributed by atoms with E-state index in [4.69, 9.17) is 23.7 Å². The summed E-state index contributed by atoms with van der Waals surface area (Å²) in [5.74, 6) is -0.431. The lowest BCUT2D eigenvalue weighted by Gasteiger charge is -2.41. The molecule has 1 aliphatic heterocycles. The van der Waals surface area contributed by atoms with Crippen LogP contribution in [0.1, 0.15) is 27.0 Å². The third-order valence-corrected chi connectivity index (χ3v) is 7.73. The average Bonchev–Trinajstić information content (AvgIpc) is 3.08. The van der Waals surface area contributed by atoms with Gasteiger partial charge >= 0.3 is 5.97 Å². The smallest absolute Gasteiger partial charge is 0.338 e. The molecule has 4 atom stereocenters. The maximum atomic E-state index is 13.2. The zero-order valence-electron chi connectivity index (χ0n) is 24.5. The Labute approximate surface area is 258 Å². The molecular formula is C38H36O6. The third-order valence-electron chi connectivity index (χ3n) is 7.73. The summed E-state index contributed by atoms with van der Waals surface area (Å²) < 4.78 is 31.6. The van der Waals surface area contributed by atoms with Gasteiger partial charge in [0, 0.05) is 0 Å². The minimum absolute atomic E-state index is 0.158. The van der Waals surface area contributed by atoms with Crippen molar-refractivity contribution in [1.82, 2.24) is 0 Å². The normalized spacial score (nSPS) is 19.9. The molecule has 5 aromatic rings. The standard InChI is InChI=1S/C38H36O6/c39-38(32-17-8-3-9-18-32)44-35-27-41-34(26-40-23-28-12-4-1-5-13-28)36(42-24-29-14-6-2-7-15-29)37(35)43-25-30-20-21-31-16-10-11-19-33(31)22-30/h1-22,34-37H,23-27H2/t34?,35?,36-,37?/m0/s1. The summed E-state index contributed by atoms with van der Waals surface area (Å²) in [7, 11) is 0. The van der Waals surface area contributed by atoms with E-state index in [9.17, 15) is 4.79 Å². The summed E-state index contributed by atoms with van der Waals surface area (Å²) in [6.45, 7) is 1.56. The van der Waals surface area contributed by atoms with Crippen molar-refractivity contribution >= 4 is 16.7 Å². The van der Waals surface area contributed by atoms with E-state index in [1.54, 1.807) is 12.1 Å². The summed E-state index contributed by atoms with van der Waals surface area (Å²) in [6.07, 6.45) is -2.28. The Balaban J connectivity index is 1.24. The zero-order valence-corrected chi connectivity index (χ0v) is 24.5. The van der Waals surface area contributed by atoms with Gasteiger partial charge in [-0.05, 0) is 45.7 Å². The van der Waals surface area contributed by atoms with Crippen LogP contribution < -0.4 is 0 Å². The topological polar surface area (TPSA) is 63.2 Å². The average molecular weight is 589 g/mol. The second-order valence-corrected chi connectivity index (χ2v) is 10.9. The first kappa shape index (κ1) is 29.7. The van der Waals surface area contributed by atoms with Crippen molar-refractivity contribution in [3.8, 4) is 0 Å². The first-order valence-corrected chi connectivity index (χ1v) is 15.0. The minimum atomic E-state index is -0.686. The van der Waals surface area contributed by atoms with Gasteiger partial charge in [-0.15, -0.1) is 0 Å². The maximum absolute atomic E-state index is 13.2. The van der Waals surface area contributed by atoms with Crippen LogP contribution in [-0.4, -0.2) is 43.6 Å². The lowest BCUT2D eigenvalue weighted by molar-refractivity contribution is -0.234. The van der Waals surface area contributed by atoms with Crippen LogP contribution in [0, 0.1) is 0 Å². The molecule has 5 aromatic carbocycles. The second kappa shape index (κ2) is 14.9. The minimum Gasteiger partial charge on any atom is -0.453 e. The van der Waals surface area contributed by atoms with Crippen molar-refractivity contribution in [2.24, 2.45) is 0 Å². The highest BCUT2D eigenvalue weighted by atomic mass is 16.6. The van der Waals surface area contributed by atoms with Crippen molar-refractivity contribution in [2.75, 3.05) is 13.2 Å². The molecule has 1 fully saturated rings. The Morgan fingerprint density at radius 1 is 0.614 bits per heavy atom. The molecule has 0 spiro atoms. The summed E-state index contributed by atoms with van der Waals surface area (Å²) in [5, 5.41) is 2.30. The van der Waals surface area contributed by atoms with E-state index < -0.39 is 30.4 Å². The highest BCUT2D eigenvalue weighted by molar-refractivity contribution is 5.89. The molecule has 0 bridgehead atoms. The molecule has 3 unspecified atom stereocenters. The van der Waals surface area contributed by atoms with Gasteiger partial charge in [0.15, 0.2) is 6.10 Å². The SMILES string of the molecule is O=C(OC1COC(COCc2ccccc2)[C@H](OCc2ccccc2)C1OCc1ccc2ccccc2c1)c1ccccc1. The van der Waals surface area contributed by atoms with Crippen LogP contribution in [0.5, 0.6) is 0 Å². The van der Waals surface area contributed by atoms with Gasteiger partial charge < -0.3 is 23.7 Å². The number of rotatable bonds is 12. The summed E-state index contributed by atoms with van der Waals surface area (Å²) in [6, 6.07) is 43.5. The van der Waals surface area contributed by atoms with Crippen LogP contribution in [0.25, 0.3) is 10.8 Å². The second-order valence-electron chi connectivity index (χ2n) is 10.9. The predicted octanol–water partition coefficient (Wildman–Crippen LogP) is 7.15. The molecule has 0 aromatic heterocycles. The monoisotopic (exact) mass is 588 g/mol. The number of hydrogen-bond acceptors (Lipinski definition) is 6. The van der Waals surface area contributed by atoms with Gasteiger partial charge in [0.05, 0.1) is 38.6 Å². The number of fused-ring (bicyclic) bond motifs is 1. The van der Waals surface area contributed by atoms with Gasteiger partial charge in [-0.3, -0.25) is 0 Å².